The number of rotatable bonds is 6. The lowest BCUT2D eigenvalue weighted by molar-refractivity contribution is -0.0440. The molecule has 1 heterocycles. The Kier molecular flexibility index (Phi) is 5.67. The summed E-state index contributed by atoms with van der Waals surface area (Å²) in [4.78, 5) is 0. The molecule has 1 aliphatic heterocycles. The highest BCUT2D eigenvalue weighted by Crippen LogP contribution is 2.33. The predicted octanol–water partition coefficient (Wildman–Crippen LogP) is 3.33. The molecule has 2 aromatic carbocycles. The molecule has 0 aliphatic carbocycles. The molecule has 0 amide bonds. The molecule has 1 unspecified atom stereocenters. The summed E-state index contributed by atoms with van der Waals surface area (Å²) >= 11 is 0. The van der Waals surface area contributed by atoms with Gasteiger partial charge in [0.05, 0.1) is 13.2 Å². The lowest BCUT2D eigenvalue weighted by Crippen LogP contribution is -2.43. The van der Waals surface area contributed by atoms with E-state index >= 15 is 0 Å². The van der Waals surface area contributed by atoms with Crippen molar-refractivity contribution in [1.82, 2.24) is 5.32 Å². The maximum atomic E-state index is 13.7. The van der Waals surface area contributed by atoms with Gasteiger partial charge >= 0.3 is 0 Å². The van der Waals surface area contributed by atoms with Gasteiger partial charge in [-0.1, -0.05) is 24.3 Å². The monoisotopic (exact) mass is 331 g/mol. The van der Waals surface area contributed by atoms with Crippen LogP contribution >= 0.6 is 0 Å². The van der Waals surface area contributed by atoms with E-state index in [0.717, 1.165) is 12.1 Å². The third-order valence-corrected chi connectivity index (χ3v) is 3.87. The first-order chi connectivity index (χ1) is 11.8. The summed E-state index contributed by atoms with van der Waals surface area (Å²) in [6.07, 6.45) is -0.620. The molecular weight excluding hydrogens is 309 g/mol. The zero-order valence-electron chi connectivity index (χ0n) is 13.7. The van der Waals surface area contributed by atoms with Crippen LogP contribution in [0.4, 0.5) is 4.39 Å². The molecule has 2 atom stereocenters. The second kappa shape index (κ2) is 8.13. The Balaban J connectivity index is 1.90. The molecule has 0 radical (unpaired) electrons. The van der Waals surface area contributed by atoms with Crippen molar-refractivity contribution in [2.24, 2.45) is 0 Å². The number of benzene rings is 2. The fraction of sp³-hybridized carbons (Fsp3) is 0.368. The summed E-state index contributed by atoms with van der Waals surface area (Å²) in [6, 6.07) is 14.0. The molecule has 2 aromatic rings. The van der Waals surface area contributed by atoms with Gasteiger partial charge in [0.15, 0.2) is 17.6 Å². The Hall–Kier alpha value is -2.11. The average molecular weight is 331 g/mol. The van der Waals surface area contributed by atoms with Crippen molar-refractivity contribution in [2.75, 3.05) is 26.3 Å². The number of nitrogens with one attached hydrogen (secondary N) is 1. The Bertz CT molecular complexity index is 659. The molecule has 0 aromatic heterocycles. The Labute approximate surface area is 141 Å². The van der Waals surface area contributed by atoms with Crippen molar-refractivity contribution >= 4 is 0 Å². The van der Waals surface area contributed by atoms with Crippen molar-refractivity contribution in [3.05, 3.63) is 59.9 Å². The van der Waals surface area contributed by atoms with Gasteiger partial charge in [-0.15, -0.1) is 0 Å². The van der Waals surface area contributed by atoms with Crippen molar-refractivity contribution in [3.63, 3.8) is 0 Å². The van der Waals surface area contributed by atoms with Crippen LogP contribution in [0.3, 0.4) is 0 Å². The van der Waals surface area contributed by atoms with Crippen LogP contribution in [0.1, 0.15) is 18.6 Å². The summed E-state index contributed by atoms with van der Waals surface area (Å²) < 4.78 is 31.4. The van der Waals surface area contributed by atoms with Crippen LogP contribution in [0.25, 0.3) is 0 Å². The Morgan fingerprint density at radius 3 is 2.75 bits per heavy atom. The van der Waals surface area contributed by atoms with E-state index in [1.165, 1.54) is 12.1 Å². The van der Waals surface area contributed by atoms with E-state index in [9.17, 15) is 4.39 Å². The maximum Gasteiger partial charge on any atom is 0.162 e. The highest BCUT2D eigenvalue weighted by Gasteiger charge is 2.29. The van der Waals surface area contributed by atoms with Gasteiger partial charge in [0, 0.05) is 13.1 Å². The first kappa shape index (κ1) is 16.7. The van der Waals surface area contributed by atoms with E-state index in [0.29, 0.717) is 31.3 Å². The van der Waals surface area contributed by atoms with Crippen LogP contribution in [-0.2, 0) is 4.74 Å². The van der Waals surface area contributed by atoms with Crippen LogP contribution in [0, 0.1) is 5.82 Å². The summed E-state index contributed by atoms with van der Waals surface area (Å²) in [6.45, 7) is 4.54. The lowest BCUT2D eigenvalue weighted by atomic mass is 10.0. The highest BCUT2D eigenvalue weighted by molar-refractivity contribution is 5.40. The standard InChI is InChI=1S/C19H22FNO3/c1-2-22-16-8-3-4-9-17(16)24-19(18-13-21-10-11-23-18)14-6-5-7-15(20)12-14/h3-9,12,18-19,21H,2,10-11,13H2,1H3/t18-,19?/m1/s1. The van der Waals surface area contributed by atoms with Gasteiger partial charge in [0.1, 0.15) is 11.9 Å². The van der Waals surface area contributed by atoms with Crippen LogP contribution < -0.4 is 14.8 Å². The number of halogens is 1. The molecule has 1 N–H and O–H groups in total. The van der Waals surface area contributed by atoms with Crippen LogP contribution in [0.2, 0.25) is 0 Å². The molecule has 1 fully saturated rings. The number of hydrogen-bond acceptors (Lipinski definition) is 4. The SMILES string of the molecule is CCOc1ccccc1OC(c1cccc(F)c1)[C@H]1CNCCO1. The van der Waals surface area contributed by atoms with E-state index in [1.54, 1.807) is 6.07 Å². The normalized spacial score (nSPS) is 18.8. The predicted molar refractivity (Wildman–Crippen MR) is 90.0 cm³/mol. The average Bonchev–Trinajstić information content (AvgIpc) is 2.62. The first-order valence-electron chi connectivity index (χ1n) is 8.24. The number of morpholine rings is 1. The smallest absolute Gasteiger partial charge is 0.162 e. The second-order valence-corrected chi connectivity index (χ2v) is 5.59. The Morgan fingerprint density at radius 2 is 2.04 bits per heavy atom. The molecule has 0 saturated carbocycles. The van der Waals surface area contributed by atoms with Crippen molar-refractivity contribution in [1.29, 1.82) is 0 Å². The minimum absolute atomic E-state index is 0.199. The molecule has 1 saturated heterocycles. The largest absolute Gasteiger partial charge is 0.490 e. The van der Waals surface area contributed by atoms with E-state index < -0.39 is 6.10 Å². The second-order valence-electron chi connectivity index (χ2n) is 5.59. The van der Waals surface area contributed by atoms with Crippen LogP contribution in [0.15, 0.2) is 48.5 Å². The fourth-order valence-electron chi connectivity index (χ4n) is 2.78. The summed E-state index contributed by atoms with van der Waals surface area (Å²) in [5.41, 5.74) is 0.745. The zero-order valence-corrected chi connectivity index (χ0v) is 13.7. The first-order valence-corrected chi connectivity index (χ1v) is 8.24. The minimum atomic E-state index is -0.421. The molecule has 5 heteroatoms. The van der Waals surface area contributed by atoms with E-state index in [-0.39, 0.29) is 11.9 Å². The number of para-hydroxylation sites is 2. The van der Waals surface area contributed by atoms with Gasteiger partial charge in [-0.05, 0) is 36.8 Å². The molecular formula is C19H22FNO3. The van der Waals surface area contributed by atoms with Gasteiger partial charge < -0.3 is 19.5 Å². The van der Waals surface area contributed by atoms with Gasteiger partial charge in [-0.2, -0.15) is 0 Å². The third kappa shape index (κ3) is 4.04. The minimum Gasteiger partial charge on any atom is -0.490 e. The van der Waals surface area contributed by atoms with Crippen molar-refractivity contribution in [2.45, 2.75) is 19.1 Å². The van der Waals surface area contributed by atoms with Crippen molar-refractivity contribution in [3.8, 4) is 11.5 Å². The molecule has 3 rings (SSSR count). The maximum absolute atomic E-state index is 13.7. The van der Waals surface area contributed by atoms with Gasteiger partial charge in [0.25, 0.3) is 0 Å². The van der Waals surface area contributed by atoms with Crippen molar-refractivity contribution < 1.29 is 18.6 Å². The van der Waals surface area contributed by atoms with E-state index in [4.69, 9.17) is 14.2 Å². The zero-order chi connectivity index (χ0) is 16.8. The lowest BCUT2D eigenvalue weighted by Gasteiger charge is -2.32. The number of hydrogen-bond donors (Lipinski definition) is 1. The van der Waals surface area contributed by atoms with Crippen LogP contribution in [0.5, 0.6) is 11.5 Å². The summed E-state index contributed by atoms with van der Waals surface area (Å²) in [7, 11) is 0. The highest BCUT2D eigenvalue weighted by atomic mass is 19.1. The van der Waals surface area contributed by atoms with E-state index in [1.807, 2.05) is 37.3 Å². The van der Waals surface area contributed by atoms with Gasteiger partial charge in [0.2, 0.25) is 0 Å². The van der Waals surface area contributed by atoms with Gasteiger partial charge in [-0.25, -0.2) is 4.39 Å². The summed E-state index contributed by atoms with van der Waals surface area (Å²) in [5.74, 6) is 1.01. The van der Waals surface area contributed by atoms with Gasteiger partial charge in [-0.3, -0.25) is 0 Å². The molecule has 128 valence electrons. The Morgan fingerprint density at radius 1 is 1.21 bits per heavy atom. The molecule has 0 bridgehead atoms. The topological polar surface area (TPSA) is 39.7 Å². The fourth-order valence-corrected chi connectivity index (χ4v) is 2.78. The number of ether oxygens (including phenoxy) is 3. The molecule has 0 spiro atoms. The third-order valence-electron chi connectivity index (χ3n) is 3.87. The molecule has 1 aliphatic rings. The van der Waals surface area contributed by atoms with Crippen LogP contribution in [-0.4, -0.2) is 32.4 Å². The quantitative estimate of drug-likeness (QED) is 0.881. The van der Waals surface area contributed by atoms with E-state index in [2.05, 4.69) is 5.32 Å². The summed E-state index contributed by atoms with van der Waals surface area (Å²) in [5, 5.41) is 3.30. The molecule has 24 heavy (non-hydrogen) atoms. The molecule has 4 nitrogen and oxygen atoms in total.